The van der Waals surface area contributed by atoms with Crippen LogP contribution in [-0.2, 0) is 19.0 Å². The summed E-state index contributed by atoms with van der Waals surface area (Å²) in [4.78, 5) is 27.8. The monoisotopic (exact) mass is 820 g/mol. The summed E-state index contributed by atoms with van der Waals surface area (Å²) >= 11 is 0. The van der Waals surface area contributed by atoms with Gasteiger partial charge in [-0.2, -0.15) is 0 Å². The zero-order valence-corrected chi connectivity index (χ0v) is 34.3. The molecular weight excluding hydrogens is 756 g/mol. The van der Waals surface area contributed by atoms with Gasteiger partial charge >= 0.3 is 11.9 Å². The third kappa shape index (κ3) is 6.11. The van der Waals surface area contributed by atoms with Gasteiger partial charge in [-0.3, -0.25) is 4.79 Å². The number of hydrogen-bond acceptors (Lipinski definition) is 15. The molecule has 5 aliphatic carbocycles. The first-order valence-electron chi connectivity index (χ1n) is 21.0. The van der Waals surface area contributed by atoms with Crippen LogP contribution >= 0.6 is 0 Å². The third-order valence-electron chi connectivity index (χ3n) is 17.3. The zero-order valence-electron chi connectivity index (χ0n) is 34.3. The molecule has 15 nitrogen and oxygen atoms in total. The molecule has 1 saturated heterocycles. The summed E-state index contributed by atoms with van der Waals surface area (Å²) in [5.74, 6) is -4.05. The largest absolute Gasteiger partial charge is 0.504 e. The van der Waals surface area contributed by atoms with Crippen LogP contribution in [0.1, 0.15) is 103 Å². The van der Waals surface area contributed by atoms with Gasteiger partial charge in [0.2, 0.25) is 6.29 Å². The number of aliphatic hydroxyl groups is 7. The molecule has 0 bridgehead atoms. The lowest BCUT2D eigenvalue weighted by atomic mass is 9.31. The van der Waals surface area contributed by atoms with E-state index < -0.39 is 118 Å². The summed E-state index contributed by atoms with van der Waals surface area (Å²) in [5, 5.41) is 107. The minimum absolute atomic E-state index is 0.0247. The van der Waals surface area contributed by atoms with Crippen molar-refractivity contribution in [3.63, 3.8) is 0 Å². The molecular formula is C43H64O15. The highest BCUT2D eigenvalue weighted by Gasteiger charge is 2.75. The van der Waals surface area contributed by atoms with Crippen LogP contribution in [-0.4, -0.2) is 125 Å². The summed E-state index contributed by atoms with van der Waals surface area (Å²) in [7, 11) is 0. The molecule has 326 valence electrons. The molecule has 58 heavy (non-hydrogen) atoms. The molecule has 0 amide bonds. The first-order valence-corrected chi connectivity index (χ1v) is 21.0. The van der Waals surface area contributed by atoms with Crippen LogP contribution in [0.25, 0.3) is 0 Å². The molecule has 0 spiro atoms. The van der Waals surface area contributed by atoms with E-state index in [-0.39, 0.29) is 48.2 Å². The normalized spacial score (nSPS) is 48.6. The predicted octanol–water partition coefficient (Wildman–Crippen LogP) is 2.32. The number of ether oxygens (including phenoxy) is 3. The topological polar surface area (TPSA) is 264 Å². The Morgan fingerprint density at radius 3 is 2.10 bits per heavy atom. The van der Waals surface area contributed by atoms with Crippen molar-refractivity contribution in [2.75, 3.05) is 13.2 Å². The van der Waals surface area contributed by atoms with Crippen LogP contribution in [0, 0.1) is 62.6 Å². The Bertz CT molecular complexity index is 1730. The van der Waals surface area contributed by atoms with Gasteiger partial charge < -0.3 is 65.3 Å². The van der Waals surface area contributed by atoms with Crippen LogP contribution in [0.15, 0.2) is 12.1 Å². The van der Waals surface area contributed by atoms with Gasteiger partial charge in [0.1, 0.15) is 24.4 Å². The molecule has 6 fully saturated rings. The number of aliphatic hydroxyl groups excluding tert-OH is 7. The number of phenolic OH excluding ortho intramolecular Hbond substituents is 3. The molecule has 0 unspecified atom stereocenters. The SMILES string of the molecule is CC(C)[C@@H]1CC[C@]2(C(=O)O[C@@H]3O[C@H](CO)[C@@H](O)[C@H](O)[C@H]3O)CC[C@]3(C)[C@H](CC[C@@H]4[C@@]5(C)C[C@@H](O)[C@H](O)[C@@](C)(COC(=O)c6cc(O)c(O)c(O)c6)[C@@H]5[C@H](O)C[C@]43C)[C@@H]12. The molecule has 15 heteroatoms. The van der Waals surface area contributed by atoms with Gasteiger partial charge in [-0.1, -0.05) is 41.5 Å². The highest BCUT2D eigenvalue weighted by atomic mass is 16.7. The molecule has 10 N–H and O–H groups in total. The van der Waals surface area contributed by atoms with Gasteiger partial charge in [0.25, 0.3) is 0 Å². The van der Waals surface area contributed by atoms with E-state index in [0.717, 1.165) is 25.0 Å². The molecule has 1 aromatic carbocycles. The Labute approximate surface area is 339 Å². The summed E-state index contributed by atoms with van der Waals surface area (Å²) < 4.78 is 17.3. The fraction of sp³-hybridized carbons (Fsp3) is 0.814. The smallest absolute Gasteiger partial charge is 0.338 e. The van der Waals surface area contributed by atoms with Crippen LogP contribution in [0.3, 0.4) is 0 Å². The lowest BCUT2D eigenvalue weighted by Crippen LogP contribution is -2.72. The third-order valence-corrected chi connectivity index (χ3v) is 17.3. The molecule has 1 aromatic rings. The lowest BCUT2D eigenvalue weighted by molar-refractivity contribution is -0.305. The van der Waals surface area contributed by atoms with E-state index in [1.54, 1.807) is 6.92 Å². The first kappa shape index (κ1) is 43.3. The number of esters is 2. The van der Waals surface area contributed by atoms with E-state index >= 15 is 0 Å². The first-order chi connectivity index (χ1) is 27.0. The van der Waals surface area contributed by atoms with Gasteiger partial charge in [-0.15, -0.1) is 0 Å². The Hall–Kier alpha value is -2.76. The lowest BCUT2D eigenvalue weighted by Gasteiger charge is -2.73. The minimum atomic E-state index is -1.72. The number of fused-ring (bicyclic) bond motifs is 7. The quantitative estimate of drug-likeness (QED) is 0.140. The molecule has 7 rings (SSSR count). The number of rotatable bonds is 7. The zero-order chi connectivity index (χ0) is 42.7. The fourth-order valence-corrected chi connectivity index (χ4v) is 14.5. The van der Waals surface area contributed by atoms with Crippen molar-refractivity contribution in [2.24, 2.45) is 62.6 Å². The van der Waals surface area contributed by atoms with E-state index in [2.05, 4.69) is 34.6 Å². The average Bonchev–Trinajstić information content (AvgIpc) is 3.57. The van der Waals surface area contributed by atoms with Crippen LogP contribution in [0.4, 0.5) is 0 Å². The van der Waals surface area contributed by atoms with Gasteiger partial charge in [0.15, 0.2) is 17.2 Å². The van der Waals surface area contributed by atoms with Crippen molar-refractivity contribution in [1.82, 2.24) is 0 Å². The number of hydrogen-bond donors (Lipinski definition) is 10. The molecule has 18 atom stereocenters. The van der Waals surface area contributed by atoms with Crippen molar-refractivity contribution in [1.29, 1.82) is 0 Å². The number of benzene rings is 1. The van der Waals surface area contributed by atoms with E-state index in [4.69, 9.17) is 14.2 Å². The summed E-state index contributed by atoms with van der Waals surface area (Å²) in [6, 6.07) is 1.91. The van der Waals surface area contributed by atoms with Crippen LogP contribution < -0.4 is 0 Å². The molecule has 0 radical (unpaired) electrons. The molecule has 1 aliphatic heterocycles. The van der Waals surface area contributed by atoms with Gasteiger partial charge in [-0.05, 0) is 109 Å². The molecule has 0 aromatic heterocycles. The Morgan fingerprint density at radius 1 is 0.828 bits per heavy atom. The Kier molecular flexibility index (Phi) is 11.0. The second-order valence-electron chi connectivity index (χ2n) is 20.2. The van der Waals surface area contributed by atoms with E-state index in [0.29, 0.717) is 32.1 Å². The van der Waals surface area contributed by atoms with Gasteiger partial charge in [0, 0.05) is 11.3 Å². The Morgan fingerprint density at radius 2 is 1.48 bits per heavy atom. The second kappa shape index (κ2) is 14.7. The summed E-state index contributed by atoms with van der Waals surface area (Å²) in [6.07, 6.45) is -6.88. The molecule has 6 aliphatic rings. The van der Waals surface area contributed by atoms with Gasteiger partial charge in [0.05, 0.1) is 42.5 Å². The van der Waals surface area contributed by atoms with Crippen molar-refractivity contribution >= 4 is 11.9 Å². The predicted molar refractivity (Wildman–Crippen MR) is 204 cm³/mol. The maximum absolute atomic E-state index is 14.6. The fourth-order valence-electron chi connectivity index (χ4n) is 14.5. The van der Waals surface area contributed by atoms with Gasteiger partial charge in [-0.25, -0.2) is 4.79 Å². The highest BCUT2D eigenvalue weighted by Crippen LogP contribution is 2.77. The van der Waals surface area contributed by atoms with Crippen molar-refractivity contribution in [3.05, 3.63) is 17.7 Å². The molecule has 1 heterocycles. The van der Waals surface area contributed by atoms with Crippen molar-refractivity contribution in [3.8, 4) is 17.2 Å². The number of carbonyl (C=O) groups is 2. The maximum atomic E-state index is 14.6. The standard InChI is InChI=1S/C43H64O15/c1-19(2)21-9-10-43(38(55)58-37-33(52)32(51)31(50)27(17-44)57-37)12-11-41(5)22(29(21)43)7-8-28-39(3)15-26(48)35(53)40(4,34(39)25(47)16-42(28,41)6)18-56-36(54)20-13-23(45)30(49)24(46)14-20/h13-14,19,21-22,25-29,31-35,37,44-53H,7-12,15-18H2,1-6H3/t21-,22+,25+,26+,27+,28+,29+,31+,32-,33+,34+,35-,37-,39+,40-,41+,42+,43-/m0/s1. The summed E-state index contributed by atoms with van der Waals surface area (Å²) in [6.45, 7) is 11.6. The van der Waals surface area contributed by atoms with Crippen molar-refractivity contribution in [2.45, 2.75) is 142 Å². The van der Waals surface area contributed by atoms with E-state index in [9.17, 15) is 60.7 Å². The number of aromatic hydroxyl groups is 3. The summed E-state index contributed by atoms with van der Waals surface area (Å²) in [5.41, 5.74) is -4.10. The number of carbonyl (C=O) groups excluding carboxylic acids is 2. The van der Waals surface area contributed by atoms with E-state index in [1.165, 1.54) is 0 Å². The van der Waals surface area contributed by atoms with E-state index in [1.807, 2.05) is 0 Å². The maximum Gasteiger partial charge on any atom is 0.338 e. The second-order valence-corrected chi connectivity index (χ2v) is 20.2. The van der Waals surface area contributed by atoms with Crippen LogP contribution in [0.5, 0.6) is 17.2 Å². The molecule has 5 saturated carbocycles. The van der Waals surface area contributed by atoms with Crippen molar-refractivity contribution < 1.29 is 74.9 Å². The highest BCUT2D eigenvalue weighted by molar-refractivity contribution is 5.91. The average molecular weight is 821 g/mol. The van der Waals surface area contributed by atoms with Crippen LogP contribution in [0.2, 0.25) is 0 Å². The minimum Gasteiger partial charge on any atom is -0.504 e. The number of phenols is 3. The Balaban J connectivity index is 1.19.